The Morgan fingerprint density at radius 2 is 1.50 bits per heavy atom. The van der Waals surface area contributed by atoms with Crippen molar-refractivity contribution in [1.29, 1.82) is 0 Å². The van der Waals surface area contributed by atoms with Crippen LogP contribution in [0.4, 0.5) is 0 Å². The maximum absolute atomic E-state index is 5.55. The number of halogens is 2. The zero-order valence-corrected chi connectivity index (χ0v) is 16.8. The van der Waals surface area contributed by atoms with E-state index in [1.54, 1.807) is 0 Å². The van der Waals surface area contributed by atoms with Crippen molar-refractivity contribution < 1.29 is 18.6 Å². The van der Waals surface area contributed by atoms with Crippen molar-refractivity contribution in [2.75, 3.05) is 0 Å². The van der Waals surface area contributed by atoms with Gasteiger partial charge < -0.3 is 0 Å². The summed E-state index contributed by atoms with van der Waals surface area (Å²) in [6.07, 6.45) is 0. The van der Waals surface area contributed by atoms with Gasteiger partial charge in [0, 0.05) is 0 Å². The van der Waals surface area contributed by atoms with Crippen molar-refractivity contribution in [2.45, 2.75) is 13.8 Å². The topological polar surface area (TPSA) is 0 Å². The molecule has 0 fully saturated rings. The van der Waals surface area contributed by atoms with Crippen LogP contribution < -0.4 is 0 Å². The van der Waals surface area contributed by atoms with Crippen molar-refractivity contribution in [1.82, 2.24) is 0 Å². The zero-order chi connectivity index (χ0) is 14.8. The molecule has 20 heavy (non-hydrogen) atoms. The van der Waals surface area contributed by atoms with Gasteiger partial charge in [-0.25, -0.2) is 12.1 Å². The van der Waals surface area contributed by atoms with Crippen LogP contribution in [-0.2, 0) is 18.6 Å². The Labute approximate surface area is 135 Å². The summed E-state index contributed by atoms with van der Waals surface area (Å²) in [7, 11) is 11.1. The number of benzene rings is 1. The first kappa shape index (κ1) is 17.6. The quantitative estimate of drug-likeness (QED) is 0.275. The average Bonchev–Trinajstić information content (AvgIpc) is 3.14. The van der Waals surface area contributed by atoms with E-state index >= 15 is 0 Å². The molecule has 0 spiro atoms. The number of hydrogen-bond acceptors (Lipinski definition) is 0. The molecule has 0 aromatic heterocycles. The van der Waals surface area contributed by atoms with Crippen LogP contribution in [-0.4, -0.2) is 3.26 Å². The largest absolute Gasteiger partial charge is 0.214 e. The van der Waals surface area contributed by atoms with Crippen LogP contribution in [0.15, 0.2) is 72.8 Å². The second kappa shape index (κ2) is 10.3. The molecule has 3 rings (SSSR count). The molecule has 0 nitrogen and oxygen atoms in total. The average molecular weight is 472 g/mol. The molecule has 0 aliphatic heterocycles. The first-order valence-corrected chi connectivity index (χ1v) is 17.1. The Hall–Kier alpha value is -0.500. The summed E-state index contributed by atoms with van der Waals surface area (Å²) in [6, 6.07) is 24.7. The van der Waals surface area contributed by atoms with E-state index in [4.69, 9.17) is 17.2 Å². The van der Waals surface area contributed by atoms with Crippen LogP contribution in [0.3, 0.4) is 0 Å². The molecule has 0 saturated heterocycles. The van der Waals surface area contributed by atoms with E-state index < -0.39 is 18.6 Å². The van der Waals surface area contributed by atoms with Gasteiger partial charge >= 0.3 is 52.8 Å². The molecule has 0 amide bonds. The Bertz CT molecular complexity index is 556. The third-order valence-corrected chi connectivity index (χ3v) is 11.4. The Morgan fingerprint density at radius 3 is 1.95 bits per heavy atom. The Kier molecular flexibility index (Phi) is 9.00. The number of fused-ring (bicyclic) bond motifs is 1. The van der Waals surface area contributed by atoms with E-state index in [1.165, 1.54) is 14.0 Å². The van der Waals surface area contributed by atoms with Gasteiger partial charge in [-0.3, -0.25) is 0 Å². The summed E-state index contributed by atoms with van der Waals surface area (Å²) < 4.78 is 1.25. The molecule has 3 aromatic carbocycles. The van der Waals surface area contributed by atoms with Gasteiger partial charge in [0.2, 0.25) is 0 Å². The molecule has 0 atom stereocenters. The summed E-state index contributed by atoms with van der Waals surface area (Å²) in [5.41, 5.74) is 0. The van der Waals surface area contributed by atoms with Gasteiger partial charge in [0.05, 0.1) is 0 Å². The van der Waals surface area contributed by atoms with Crippen molar-refractivity contribution in [3.8, 4) is 0 Å². The smallest absolute Gasteiger partial charge is 0.0809 e. The molecule has 0 bridgehead atoms. The summed E-state index contributed by atoms with van der Waals surface area (Å²) in [4.78, 5) is 0. The minimum atomic E-state index is -1.97. The van der Waals surface area contributed by atoms with E-state index in [0.717, 1.165) is 0 Å². The summed E-state index contributed by atoms with van der Waals surface area (Å²) in [6.45, 7) is 3.98. The molecule has 3 heteroatoms. The van der Waals surface area contributed by atoms with Gasteiger partial charge in [0.25, 0.3) is 0 Å². The molecule has 0 unspecified atom stereocenters. The van der Waals surface area contributed by atoms with E-state index in [9.17, 15) is 0 Å². The minimum Gasteiger partial charge on any atom is -0.214 e. The Balaban J connectivity index is 0.000000160. The maximum Gasteiger partial charge on any atom is -0.0809 e. The Morgan fingerprint density at radius 1 is 0.900 bits per heavy atom. The van der Waals surface area contributed by atoms with E-state index in [2.05, 4.69) is 42.5 Å². The zero-order valence-electron chi connectivity index (χ0n) is 11.7. The van der Waals surface area contributed by atoms with Gasteiger partial charge in [0.1, 0.15) is 0 Å². The fourth-order valence-electron chi connectivity index (χ4n) is 1.39. The normalized spacial score (nSPS) is 9.00. The predicted octanol–water partition coefficient (Wildman–Crippen LogP) is 6.09. The third-order valence-electron chi connectivity index (χ3n) is 2.48. The summed E-state index contributed by atoms with van der Waals surface area (Å²) in [5.74, 6) is 0. The third kappa shape index (κ3) is 7.33. The van der Waals surface area contributed by atoms with E-state index in [-0.39, 0.29) is 0 Å². The molecule has 0 radical (unpaired) electrons. The monoisotopic (exact) mass is 472 g/mol. The van der Waals surface area contributed by atoms with Crippen molar-refractivity contribution in [3.05, 3.63) is 72.8 Å². The van der Waals surface area contributed by atoms with Crippen LogP contribution in [0.25, 0.3) is 10.8 Å². The minimum absolute atomic E-state index is 1.25. The molecule has 3 aromatic rings. The summed E-state index contributed by atoms with van der Waals surface area (Å²) >= 11 is -1.97. The van der Waals surface area contributed by atoms with Crippen molar-refractivity contribution in [3.63, 3.8) is 0 Å². The van der Waals surface area contributed by atoms with Gasteiger partial charge in [-0.2, -0.15) is 35.7 Å². The second-order valence-corrected chi connectivity index (χ2v) is 17.6. The van der Waals surface area contributed by atoms with Crippen LogP contribution in [0.1, 0.15) is 13.8 Å². The standard InChI is InChI=1S/C9H7.C5H5.C3H6.2ClH.Hf/c1-2-5-9-7-3-6-8(9)4-1;1-2-4-5-3-1;1-3-2;;;/h1-7H;1-5H;1-2H3;2*1H;/q2*-1;;;;+2/p-2. The van der Waals surface area contributed by atoms with E-state index in [0.29, 0.717) is 0 Å². The predicted molar refractivity (Wildman–Crippen MR) is 89.6 cm³/mol. The SMILES string of the molecule is C[C](C)=[Hf]([Cl])[Cl].c1cc[cH-]c1.c1ccc2[cH-]ccc2c1. The molecule has 0 aliphatic carbocycles. The van der Waals surface area contributed by atoms with Gasteiger partial charge in [-0.1, -0.05) is 6.07 Å². The second-order valence-electron chi connectivity index (χ2n) is 4.38. The van der Waals surface area contributed by atoms with Gasteiger partial charge in [-0.15, -0.1) is 29.7 Å². The molecule has 0 N–H and O–H groups in total. The van der Waals surface area contributed by atoms with Gasteiger partial charge in [0.15, 0.2) is 0 Å². The van der Waals surface area contributed by atoms with Crippen LogP contribution in [0.5, 0.6) is 0 Å². The molecule has 0 saturated carbocycles. The van der Waals surface area contributed by atoms with Gasteiger partial charge in [-0.05, 0) is 0 Å². The number of rotatable bonds is 0. The molecular weight excluding hydrogens is 454 g/mol. The fourth-order valence-corrected chi connectivity index (χ4v) is 1.39. The van der Waals surface area contributed by atoms with Crippen LogP contribution >= 0.6 is 17.2 Å². The molecule has 0 heterocycles. The van der Waals surface area contributed by atoms with E-state index in [1.807, 2.05) is 44.2 Å². The first-order chi connectivity index (χ1) is 9.61. The van der Waals surface area contributed by atoms with Crippen molar-refractivity contribution >= 4 is 31.2 Å². The van der Waals surface area contributed by atoms with Crippen molar-refractivity contribution in [2.24, 2.45) is 0 Å². The first-order valence-electron chi connectivity index (χ1n) is 6.37. The molecule has 0 aliphatic rings. The van der Waals surface area contributed by atoms with Crippen LogP contribution in [0.2, 0.25) is 0 Å². The maximum atomic E-state index is 5.55. The fraction of sp³-hybridized carbons (Fsp3) is 0.118. The van der Waals surface area contributed by atoms with Crippen LogP contribution in [0, 0.1) is 0 Å². The summed E-state index contributed by atoms with van der Waals surface area (Å²) in [5, 5.41) is 2.66. The molecular formula is C17H18Cl2Hf-2. The molecule has 106 valence electrons. The number of hydrogen-bond donors (Lipinski definition) is 0.